The summed E-state index contributed by atoms with van der Waals surface area (Å²) in [5.41, 5.74) is 10.7. The SMILES string of the molecule is c1ccc(-c2nc(-c3ccccc3)nc(-c3ccccc3-c3cc4c5ccccc5c5ccccc5c4cc3-c3ccc4c5ccccc5n(-c5ccccc5)c4c3)n2)cc1. The first-order valence-corrected chi connectivity index (χ1v) is 20.7. The van der Waals surface area contributed by atoms with Crippen LogP contribution in [0.3, 0.4) is 0 Å². The van der Waals surface area contributed by atoms with E-state index in [0.29, 0.717) is 17.5 Å². The van der Waals surface area contributed by atoms with Gasteiger partial charge in [0.25, 0.3) is 0 Å². The quantitative estimate of drug-likeness (QED) is 0.158. The van der Waals surface area contributed by atoms with Gasteiger partial charge < -0.3 is 4.57 Å². The lowest BCUT2D eigenvalue weighted by molar-refractivity contribution is 1.07. The molecular weight excluding hydrogens is 741 g/mol. The minimum absolute atomic E-state index is 0.623. The fourth-order valence-corrected chi connectivity index (χ4v) is 9.25. The van der Waals surface area contributed by atoms with Crippen LogP contribution in [0.5, 0.6) is 0 Å². The number of para-hydroxylation sites is 2. The number of rotatable bonds is 6. The molecule has 12 aromatic rings. The summed E-state index contributed by atoms with van der Waals surface area (Å²) >= 11 is 0. The molecule has 2 aromatic heterocycles. The van der Waals surface area contributed by atoms with Crippen molar-refractivity contribution in [1.82, 2.24) is 19.5 Å². The van der Waals surface area contributed by atoms with E-state index in [2.05, 4.69) is 187 Å². The molecule has 0 aliphatic heterocycles. The van der Waals surface area contributed by atoms with Gasteiger partial charge in [-0.3, -0.25) is 0 Å². The van der Waals surface area contributed by atoms with Gasteiger partial charge in [-0.2, -0.15) is 0 Å². The number of hydrogen-bond acceptors (Lipinski definition) is 3. The maximum absolute atomic E-state index is 5.23. The molecule has 0 aliphatic rings. The second-order valence-corrected chi connectivity index (χ2v) is 15.5. The Balaban J connectivity index is 1.18. The maximum atomic E-state index is 5.23. The zero-order valence-electron chi connectivity index (χ0n) is 33.1. The van der Waals surface area contributed by atoms with Crippen molar-refractivity contribution in [2.75, 3.05) is 0 Å². The van der Waals surface area contributed by atoms with Gasteiger partial charge in [-0.1, -0.05) is 182 Å². The zero-order chi connectivity index (χ0) is 40.3. The molecule has 0 atom stereocenters. The molecular formula is C57H36N4. The standard InChI is InChI=1S/C57H36N4/c1-4-18-37(19-5-1)55-58-56(38-20-6-2-7-21-38)60-57(59-55)48-30-15-14-28-45(48)50-36-52-44-27-13-11-25-42(44)41-24-10-12-26-43(41)51(52)35-49(50)39-32-33-47-46-29-16-17-31-53(46)61(54(47)34-39)40-22-8-3-9-23-40/h1-36H. The summed E-state index contributed by atoms with van der Waals surface area (Å²) < 4.78 is 2.40. The maximum Gasteiger partial charge on any atom is 0.164 e. The Kier molecular flexibility index (Phi) is 8.13. The molecule has 0 fully saturated rings. The van der Waals surface area contributed by atoms with Gasteiger partial charge in [-0.05, 0) is 91.0 Å². The van der Waals surface area contributed by atoms with Crippen LogP contribution in [0.1, 0.15) is 0 Å². The lowest BCUT2D eigenvalue weighted by Gasteiger charge is -2.19. The Morgan fingerprint density at radius 1 is 0.246 bits per heavy atom. The van der Waals surface area contributed by atoms with Crippen molar-refractivity contribution in [2.24, 2.45) is 0 Å². The highest BCUT2D eigenvalue weighted by Crippen LogP contribution is 2.45. The van der Waals surface area contributed by atoms with E-state index in [4.69, 9.17) is 15.0 Å². The van der Waals surface area contributed by atoms with E-state index >= 15 is 0 Å². The molecule has 0 amide bonds. The molecule has 284 valence electrons. The average molecular weight is 777 g/mol. The predicted octanol–water partition coefficient (Wildman–Crippen LogP) is 14.8. The second-order valence-electron chi connectivity index (χ2n) is 15.5. The van der Waals surface area contributed by atoms with E-state index in [1.165, 1.54) is 48.6 Å². The van der Waals surface area contributed by atoms with Crippen LogP contribution in [0.15, 0.2) is 218 Å². The minimum Gasteiger partial charge on any atom is -0.309 e. The normalized spacial score (nSPS) is 11.6. The molecule has 4 nitrogen and oxygen atoms in total. The third-order valence-electron chi connectivity index (χ3n) is 12.0. The van der Waals surface area contributed by atoms with Crippen LogP contribution in [0.2, 0.25) is 0 Å². The molecule has 2 heterocycles. The largest absolute Gasteiger partial charge is 0.309 e. The Hall–Kier alpha value is -8.21. The minimum atomic E-state index is 0.623. The second kappa shape index (κ2) is 14.3. The molecule has 4 heteroatoms. The van der Waals surface area contributed by atoms with E-state index < -0.39 is 0 Å². The lowest BCUT2D eigenvalue weighted by Crippen LogP contribution is -2.01. The fourth-order valence-electron chi connectivity index (χ4n) is 9.25. The molecule has 61 heavy (non-hydrogen) atoms. The Morgan fingerprint density at radius 2 is 0.689 bits per heavy atom. The van der Waals surface area contributed by atoms with E-state index in [1.807, 2.05) is 36.4 Å². The third-order valence-corrected chi connectivity index (χ3v) is 12.0. The predicted molar refractivity (Wildman–Crippen MR) is 254 cm³/mol. The van der Waals surface area contributed by atoms with Crippen LogP contribution in [0, 0.1) is 0 Å². The molecule has 0 saturated carbocycles. The summed E-state index contributed by atoms with van der Waals surface area (Å²) in [5, 5.41) is 9.80. The van der Waals surface area contributed by atoms with E-state index in [-0.39, 0.29) is 0 Å². The van der Waals surface area contributed by atoms with Crippen LogP contribution < -0.4 is 0 Å². The molecule has 0 saturated heterocycles. The summed E-state index contributed by atoms with van der Waals surface area (Å²) in [6.45, 7) is 0. The van der Waals surface area contributed by atoms with Gasteiger partial charge in [0.2, 0.25) is 0 Å². The van der Waals surface area contributed by atoms with Crippen LogP contribution in [-0.4, -0.2) is 19.5 Å². The summed E-state index contributed by atoms with van der Waals surface area (Å²) in [5.74, 6) is 1.89. The number of fused-ring (bicyclic) bond motifs is 9. The molecule has 0 aliphatic carbocycles. The van der Waals surface area contributed by atoms with Crippen molar-refractivity contribution >= 4 is 54.1 Å². The first kappa shape index (κ1) is 34.8. The summed E-state index contributed by atoms with van der Waals surface area (Å²) in [7, 11) is 0. The first-order chi connectivity index (χ1) is 30.3. The van der Waals surface area contributed by atoms with Gasteiger partial charge in [-0.15, -0.1) is 0 Å². The Labute approximate surface area is 352 Å². The van der Waals surface area contributed by atoms with Crippen molar-refractivity contribution in [3.63, 3.8) is 0 Å². The molecule has 0 spiro atoms. The number of nitrogens with zero attached hydrogens (tertiary/aromatic N) is 4. The van der Waals surface area contributed by atoms with Crippen molar-refractivity contribution in [3.8, 4) is 62.1 Å². The van der Waals surface area contributed by atoms with Gasteiger partial charge in [0.1, 0.15) is 0 Å². The molecule has 0 unspecified atom stereocenters. The van der Waals surface area contributed by atoms with Gasteiger partial charge in [-0.25, -0.2) is 15.0 Å². The highest BCUT2D eigenvalue weighted by atomic mass is 15.0. The molecule has 0 bridgehead atoms. The average Bonchev–Trinajstić information content (AvgIpc) is 3.68. The smallest absolute Gasteiger partial charge is 0.164 e. The number of benzene rings is 10. The number of aromatic nitrogens is 4. The van der Waals surface area contributed by atoms with Crippen molar-refractivity contribution in [1.29, 1.82) is 0 Å². The zero-order valence-corrected chi connectivity index (χ0v) is 33.1. The topological polar surface area (TPSA) is 43.6 Å². The van der Waals surface area contributed by atoms with Crippen LogP contribution in [0.4, 0.5) is 0 Å². The van der Waals surface area contributed by atoms with Crippen molar-refractivity contribution < 1.29 is 0 Å². The van der Waals surface area contributed by atoms with E-state index in [9.17, 15) is 0 Å². The summed E-state index contributed by atoms with van der Waals surface area (Å²) in [4.78, 5) is 15.5. The summed E-state index contributed by atoms with van der Waals surface area (Å²) in [6.07, 6.45) is 0. The van der Waals surface area contributed by atoms with Gasteiger partial charge in [0.05, 0.1) is 11.0 Å². The van der Waals surface area contributed by atoms with Crippen LogP contribution in [0.25, 0.3) is 116 Å². The molecule has 10 aromatic carbocycles. The highest BCUT2D eigenvalue weighted by molar-refractivity contribution is 6.27. The van der Waals surface area contributed by atoms with Gasteiger partial charge in [0.15, 0.2) is 17.5 Å². The molecule has 12 rings (SSSR count). The first-order valence-electron chi connectivity index (χ1n) is 20.7. The number of hydrogen-bond donors (Lipinski definition) is 0. The van der Waals surface area contributed by atoms with Gasteiger partial charge >= 0.3 is 0 Å². The van der Waals surface area contributed by atoms with Crippen molar-refractivity contribution in [3.05, 3.63) is 218 Å². The fraction of sp³-hybridized carbons (Fsp3) is 0. The lowest BCUT2D eigenvalue weighted by atomic mass is 9.86. The monoisotopic (exact) mass is 776 g/mol. The van der Waals surface area contributed by atoms with E-state index in [0.717, 1.165) is 50.1 Å². The summed E-state index contributed by atoms with van der Waals surface area (Å²) in [6, 6.07) is 77.7. The highest BCUT2D eigenvalue weighted by Gasteiger charge is 2.21. The Morgan fingerprint density at radius 3 is 1.30 bits per heavy atom. The van der Waals surface area contributed by atoms with Crippen molar-refractivity contribution in [2.45, 2.75) is 0 Å². The van der Waals surface area contributed by atoms with Crippen LogP contribution in [-0.2, 0) is 0 Å². The Bertz CT molecular complexity index is 3570. The van der Waals surface area contributed by atoms with Crippen LogP contribution >= 0.6 is 0 Å². The van der Waals surface area contributed by atoms with E-state index in [1.54, 1.807) is 0 Å². The molecule has 0 N–H and O–H groups in total. The molecule has 0 radical (unpaired) electrons. The third kappa shape index (κ3) is 5.80. The van der Waals surface area contributed by atoms with Gasteiger partial charge in [0, 0.05) is 33.2 Å².